The molecule has 1 rings (SSSR count). The minimum Gasteiger partial charge on any atom is -0.379 e. The van der Waals surface area contributed by atoms with Crippen molar-refractivity contribution in [1.82, 2.24) is 10.2 Å². The number of carbonyl (C=O) groups excluding carboxylic acids is 4. The van der Waals surface area contributed by atoms with E-state index in [0.717, 1.165) is 4.90 Å². The van der Waals surface area contributed by atoms with Crippen molar-refractivity contribution < 1.29 is 23.9 Å². The molecule has 0 aromatic rings. The summed E-state index contributed by atoms with van der Waals surface area (Å²) in [6.07, 6.45) is 3.17. The summed E-state index contributed by atoms with van der Waals surface area (Å²) in [7, 11) is 0. The number of carbonyl (C=O) groups is 4. The minimum absolute atomic E-state index is 0.123. The van der Waals surface area contributed by atoms with Crippen LogP contribution in [0.2, 0.25) is 0 Å². The zero-order chi connectivity index (χ0) is 14.3. The maximum Gasteiger partial charge on any atom is 0.253 e. The molecule has 3 amide bonds. The predicted molar refractivity (Wildman–Crippen MR) is 65.0 cm³/mol. The Morgan fingerprint density at radius 1 is 1.37 bits per heavy atom. The number of rotatable bonds is 8. The van der Waals surface area contributed by atoms with Crippen LogP contribution >= 0.6 is 0 Å². The van der Waals surface area contributed by atoms with Crippen LogP contribution in [0.1, 0.15) is 13.3 Å². The van der Waals surface area contributed by atoms with Crippen molar-refractivity contribution in [3.8, 4) is 0 Å². The summed E-state index contributed by atoms with van der Waals surface area (Å²) in [5.74, 6) is -0.994. The standard InChI is InChI=1S/C12H16N2O5/c1-9(8-15)13-10(16)4-6-19-7-5-14-11(17)2-3-12(14)18/h2-3,8-9H,4-7H2,1H3,(H,13,16). The van der Waals surface area contributed by atoms with E-state index >= 15 is 0 Å². The normalized spacial score (nSPS) is 15.7. The highest BCUT2D eigenvalue weighted by molar-refractivity contribution is 6.12. The molecule has 0 radical (unpaired) electrons. The van der Waals surface area contributed by atoms with E-state index in [1.54, 1.807) is 6.92 Å². The topological polar surface area (TPSA) is 92.8 Å². The van der Waals surface area contributed by atoms with Gasteiger partial charge in [-0.2, -0.15) is 0 Å². The van der Waals surface area contributed by atoms with Gasteiger partial charge in [-0.05, 0) is 6.92 Å². The second-order valence-electron chi connectivity index (χ2n) is 4.02. The molecule has 0 spiro atoms. The fourth-order valence-electron chi connectivity index (χ4n) is 1.43. The summed E-state index contributed by atoms with van der Waals surface area (Å²) in [5, 5.41) is 2.46. The largest absolute Gasteiger partial charge is 0.379 e. The Kier molecular flexibility index (Phi) is 5.87. The first-order chi connectivity index (χ1) is 9.04. The number of hydrogen-bond donors (Lipinski definition) is 1. The molecule has 1 atom stereocenters. The quantitative estimate of drug-likeness (QED) is 0.347. The first kappa shape index (κ1) is 15.0. The molecule has 0 aromatic carbocycles. The van der Waals surface area contributed by atoms with Crippen LogP contribution in [0.3, 0.4) is 0 Å². The van der Waals surface area contributed by atoms with Crippen LogP contribution in [-0.4, -0.2) is 54.7 Å². The van der Waals surface area contributed by atoms with Crippen molar-refractivity contribution in [2.45, 2.75) is 19.4 Å². The number of imide groups is 1. The third-order valence-electron chi connectivity index (χ3n) is 2.43. The van der Waals surface area contributed by atoms with Gasteiger partial charge in [0, 0.05) is 18.6 Å². The second-order valence-corrected chi connectivity index (χ2v) is 4.02. The summed E-state index contributed by atoms with van der Waals surface area (Å²) >= 11 is 0. The molecule has 0 saturated carbocycles. The molecule has 1 unspecified atom stereocenters. The van der Waals surface area contributed by atoms with Gasteiger partial charge in [0.05, 0.1) is 25.8 Å². The molecule has 0 saturated heterocycles. The average molecular weight is 268 g/mol. The number of nitrogens with one attached hydrogen (secondary N) is 1. The van der Waals surface area contributed by atoms with Crippen LogP contribution in [0.4, 0.5) is 0 Å². The van der Waals surface area contributed by atoms with Gasteiger partial charge in [-0.1, -0.05) is 0 Å². The number of aldehydes is 1. The first-order valence-electron chi connectivity index (χ1n) is 5.90. The lowest BCUT2D eigenvalue weighted by Crippen LogP contribution is -2.35. The summed E-state index contributed by atoms with van der Waals surface area (Å²) in [6.45, 7) is 2.08. The average Bonchev–Trinajstić information content (AvgIpc) is 2.69. The monoisotopic (exact) mass is 268 g/mol. The van der Waals surface area contributed by atoms with Crippen molar-refractivity contribution in [1.29, 1.82) is 0 Å². The number of hydrogen-bond acceptors (Lipinski definition) is 5. The highest BCUT2D eigenvalue weighted by Crippen LogP contribution is 2.02. The third-order valence-corrected chi connectivity index (χ3v) is 2.43. The molecule has 0 bridgehead atoms. The molecule has 1 aliphatic rings. The van der Waals surface area contributed by atoms with E-state index in [-0.39, 0.29) is 43.9 Å². The lowest BCUT2D eigenvalue weighted by molar-refractivity contribution is -0.138. The summed E-state index contributed by atoms with van der Waals surface area (Å²) < 4.78 is 5.16. The zero-order valence-corrected chi connectivity index (χ0v) is 10.6. The molecule has 0 aromatic heterocycles. The maximum atomic E-state index is 11.3. The van der Waals surface area contributed by atoms with Gasteiger partial charge in [0.15, 0.2) is 0 Å². The molecule has 0 aliphatic carbocycles. The van der Waals surface area contributed by atoms with E-state index in [1.807, 2.05) is 0 Å². The Morgan fingerprint density at radius 2 is 2.00 bits per heavy atom. The van der Waals surface area contributed by atoms with Gasteiger partial charge in [-0.25, -0.2) is 0 Å². The van der Waals surface area contributed by atoms with Crippen LogP contribution in [-0.2, 0) is 23.9 Å². The van der Waals surface area contributed by atoms with Gasteiger partial charge in [0.25, 0.3) is 11.8 Å². The minimum atomic E-state index is -0.515. The lowest BCUT2D eigenvalue weighted by atomic mass is 10.3. The van der Waals surface area contributed by atoms with Crippen LogP contribution in [0.25, 0.3) is 0 Å². The van der Waals surface area contributed by atoms with Gasteiger partial charge >= 0.3 is 0 Å². The molecule has 7 nitrogen and oxygen atoms in total. The Morgan fingerprint density at radius 3 is 2.58 bits per heavy atom. The van der Waals surface area contributed by atoms with Crippen LogP contribution < -0.4 is 5.32 Å². The van der Waals surface area contributed by atoms with E-state index in [1.165, 1.54) is 12.2 Å². The second kappa shape index (κ2) is 7.42. The highest BCUT2D eigenvalue weighted by Gasteiger charge is 2.22. The highest BCUT2D eigenvalue weighted by atomic mass is 16.5. The number of ether oxygens (including phenoxy) is 1. The predicted octanol–water partition coefficient (Wildman–Crippen LogP) is -0.978. The van der Waals surface area contributed by atoms with Crippen molar-refractivity contribution in [2.24, 2.45) is 0 Å². The number of amides is 3. The Hall–Kier alpha value is -2.02. The fourth-order valence-corrected chi connectivity index (χ4v) is 1.43. The van der Waals surface area contributed by atoms with Gasteiger partial charge in [-0.3, -0.25) is 19.3 Å². The van der Waals surface area contributed by atoms with E-state index in [2.05, 4.69) is 5.32 Å². The van der Waals surface area contributed by atoms with Crippen molar-refractivity contribution in [3.05, 3.63) is 12.2 Å². The molecular weight excluding hydrogens is 252 g/mol. The van der Waals surface area contributed by atoms with Gasteiger partial charge in [0.2, 0.25) is 5.91 Å². The summed E-state index contributed by atoms with van der Waals surface area (Å²) in [4.78, 5) is 45.0. The fraction of sp³-hybridized carbons (Fsp3) is 0.500. The first-order valence-corrected chi connectivity index (χ1v) is 5.90. The SMILES string of the molecule is CC(C=O)NC(=O)CCOCCN1C(=O)C=CC1=O. The lowest BCUT2D eigenvalue weighted by Gasteiger charge is -2.13. The van der Waals surface area contributed by atoms with Crippen molar-refractivity contribution in [3.63, 3.8) is 0 Å². The van der Waals surface area contributed by atoms with E-state index in [9.17, 15) is 19.2 Å². The maximum absolute atomic E-state index is 11.3. The van der Waals surface area contributed by atoms with Gasteiger partial charge < -0.3 is 14.8 Å². The molecule has 1 aliphatic heterocycles. The molecule has 104 valence electrons. The van der Waals surface area contributed by atoms with Gasteiger partial charge in [0.1, 0.15) is 6.29 Å². The number of nitrogens with zero attached hydrogens (tertiary/aromatic N) is 1. The molecule has 0 fully saturated rings. The van der Waals surface area contributed by atoms with E-state index < -0.39 is 6.04 Å². The van der Waals surface area contributed by atoms with E-state index in [0.29, 0.717) is 6.29 Å². The Balaban J connectivity index is 2.08. The molecule has 7 heteroatoms. The Bertz CT molecular complexity index is 387. The smallest absolute Gasteiger partial charge is 0.253 e. The summed E-state index contributed by atoms with van der Waals surface area (Å²) in [5.41, 5.74) is 0. The van der Waals surface area contributed by atoms with Crippen LogP contribution in [0.5, 0.6) is 0 Å². The third kappa shape index (κ3) is 5.01. The molecule has 1 heterocycles. The van der Waals surface area contributed by atoms with Crippen molar-refractivity contribution >= 4 is 24.0 Å². The summed E-state index contributed by atoms with van der Waals surface area (Å²) in [6, 6.07) is -0.515. The molecular formula is C12H16N2O5. The molecule has 1 N–H and O–H groups in total. The van der Waals surface area contributed by atoms with Crippen LogP contribution in [0.15, 0.2) is 12.2 Å². The Labute approximate surface area is 110 Å². The van der Waals surface area contributed by atoms with E-state index in [4.69, 9.17) is 4.74 Å². The van der Waals surface area contributed by atoms with Gasteiger partial charge in [-0.15, -0.1) is 0 Å². The van der Waals surface area contributed by atoms with Crippen LogP contribution in [0, 0.1) is 0 Å². The zero-order valence-electron chi connectivity index (χ0n) is 10.6. The molecule has 19 heavy (non-hydrogen) atoms. The van der Waals surface area contributed by atoms with Crippen molar-refractivity contribution in [2.75, 3.05) is 19.8 Å².